The molecule has 1 aromatic heterocycles. The molecule has 0 radical (unpaired) electrons. The van der Waals surface area contributed by atoms with Crippen molar-refractivity contribution < 1.29 is 33.3 Å². The van der Waals surface area contributed by atoms with E-state index in [2.05, 4.69) is 40.7 Å². The van der Waals surface area contributed by atoms with E-state index >= 15 is 0 Å². The summed E-state index contributed by atoms with van der Waals surface area (Å²) in [6.07, 6.45) is 7.38. The van der Waals surface area contributed by atoms with E-state index < -0.39 is 46.3 Å². The van der Waals surface area contributed by atoms with Crippen molar-refractivity contribution >= 4 is 11.9 Å². The Morgan fingerprint density at radius 1 is 1.14 bits per heavy atom. The minimum atomic E-state index is -0.831. The standard InChI is InChI=1S/C28H36O7/c1-15(29)33-20-13-18-24(2,3)19(30)8-10-25(18,4)17-7-11-26(5)21(16-9-12-32-14-16)34-23(31)22-28(26,35-22)27(17,20)6/h8-10,12,14,17-22,30H,7,11,13H2,1-6H3/t17-,18+,19-,20+,21+,22+,25-,26+,27+,28+/m1/s1. The third-order valence-corrected chi connectivity index (χ3v) is 11.0. The molecule has 0 bridgehead atoms. The second kappa shape index (κ2) is 6.80. The molecule has 1 aromatic rings. The number of epoxide rings is 1. The Morgan fingerprint density at radius 2 is 1.89 bits per heavy atom. The summed E-state index contributed by atoms with van der Waals surface area (Å²) in [5.74, 6) is -0.529. The summed E-state index contributed by atoms with van der Waals surface area (Å²) in [5.41, 5.74) is -1.81. The zero-order chi connectivity index (χ0) is 25.2. The number of hydrogen-bond acceptors (Lipinski definition) is 7. The van der Waals surface area contributed by atoms with Gasteiger partial charge < -0.3 is 23.7 Å². The Kier molecular flexibility index (Phi) is 4.52. The van der Waals surface area contributed by atoms with E-state index in [0.717, 1.165) is 18.4 Å². The zero-order valence-corrected chi connectivity index (χ0v) is 21.4. The van der Waals surface area contributed by atoms with Gasteiger partial charge in [0, 0.05) is 23.3 Å². The van der Waals surface area contributed by atoms with Crippen LogP contribution in [-0.2, 0) is 23.8 Å². The fourth-order valence-corrected chi connectivity index (χ4v) is 9.34. The average molecular weight is 485 g/mol. The predicted octanol–water partition coefficient (Wildman–Crippen LogP) is 4.35. The molecule has 2 saturated carbocycles. The summed E-state index contributed by atoms with van der Waals surface area (Å²) < 4.78 is 24.0. The molecule has 3 aliphatic carbocycles. The summed E-state index contributed by atoms with van der Waals surface area (Å²) >= 11 is 0. The Hall–Kier alpha value is -2.12. The number of furan rings is 1. The van der Waals surface area contributed by atoms with Gasteiger partial charge in [0.25, 0.3) is 0 Å². The van der Waals surface area contributed by atoms with Crippen LogP contribution in [0, 0.1) is 33.5 Å². The fourth-order valence-electron chi connectivity index (χ4n) is 9.34. The van der Waals surface area contributed by atoms with Crippen molar-refractivity contribution in [1.82, 2.24) is 0 Å². The first-order valence-electron chi connectivity index (χ1n) is 12.8. The number of fused-ring (bicyclic) bond motifs is 3. The number of carbonyl (C=O) groups is 2. The van der Waals surface area contributed by atoms with Crippen molar-refractivity contribution in [2.75, 3.05) is 0 Å². The number of rotatable bonds is 2. The highest BCUT2D eigenvalue weighted by Gasteiger charge is 2.88. The summed E-state index contributed by atoms with van der Waals surface area (Å²) in [6, 6.07) is 1.85. The number of hydrogen-bond donors (Lipinski definition) is 1. The predicted molar refractivity (Wildman–Crippen MR) is 125 cm³/mol. The van der Waals surface area contributed by atoms with Gasteiger partial charge in [-0.05, 0) is 48.0 Å². The van der Waals surface area contributed by atoms with Gasteiger partial charge in [-0.25, -0.2) is 4.79 Å². The summed E-state index contributed by atoms with van der Waals surface area (Å²) in [4.78, 5) is 25.7. The average Bonchev–Trinajstić information content (AvgIpc) is 3.35. The molecular weight excluding hydrogens is 448 g/mol. The first-order chi connectivity index (χ1) is 16.3. The van der Waals surface area contributed by atoms with E-state index in [1.54, 1.807) is 12.5 Å². The highest BCUT2D eigenvalue weighted by Crippen LogP contribution is 2.79. The molecule has 2 saturated heterocycles. The third kappa shape index (κ3) is 2.54. The van der Waals surface area contributed by atoms with E-state index in [0.29, 0.717) is 6.42 Å². The van der Waals surface area contributed by atoms with Crippen LogP contribution in [0.5, 0.6) is 0 Å². The maximum Gasteiger partial charge on any atom is 0.339 e. The van der Waals surface area contributed by atoms with Crippen molar-refractivity contribution in [2.45, 2.75) is 90.8 Å². The number of esters is 2. The van der Waals surface area contributed by atoms with Crippen LogP contribution in [0.25, 0.3) is 0 Å². The van der Waals surface area contributed by atoms with Gasteiger partial charge in [-0.1, -0.05) is 46.8 Å². The van der Waals surface area contributed by atoms with Crippen LogP contribution in [0.1, 0.15) is 72.5 Å². The van der Waals surface area contributed by atoms with Crippen LogP contribution in [0.4, 0.5) is 0 Å². The van der Waals surface area contributed by atoms with Crippen molar-refractivity contribution in [3.8, 4) is 0 Å². The lowest BCUT2D eigenvalue weighted by Gasteiger charge is -2.69. The molecule has 0 amide bonds. The molecule has 2 aliphatic heterocycles. The smallest absolute Gasteiger partial charge is 0.339 e. The van der Waals surface area contributed by atoms with Gasteiger partial charge in [-0.2, -0.15) is 0 Å². The second-order valence-corrected chi connectivity index (χ2v) is 12.8. The number of allylic oxidation sites excluding steroid dienone is 1. The van der Waals surface area contributed by atoms with Gasteiger partial charge in [0.15, 0.2) is 6.10 Å². The van der Waals surface area contributed by atoms with Crippen LogP contribution in [0.15, 0.2) is 35.2 Å². The van der Waals surface area contributed by atoms with Gasteiger partial charge in [0.05, 0.1) is 18.6 Å². The van der Waals surface area contributed by atoms with Crippen LogP contribution >= 0.6 is 0 Å². The Balaban J connectivity index is 1.55. The Bertz CT molecular complexity index is 1110. The van der Waals surface area contributed by atoms with E-state index in [9.17, 15) is 14.7 Å². The van der Waals surface area contributed by atoms with E-state index in [4.69, 9.17) is 18.6 Å². The minimum absolute atomic E-state index is 0.0788. The largest absolute Gasteiger partial charge is 0.472 e. The van der Waals surface area contributed by atoms with Crippen LogP contribution in [0.2, 0.25) is 0 Å². The number of aliphatic hydroxyl groups is 1. The van der Waals surface area contributed by atoms with E-state index in [1.807, 2.05) is 12.1 Å². The van der Waals surface area contributed by atoms with Crippen molar-refractivity contribution in [3.05, 3.63) is 36.3 Å². The lowest BCUT2D eigenvalue weighted by molar-refractivity contribution is -0.257. The molecule has 6 rings (SSSR count). The first kappa shape index (κ1) is 23.3. The van der Waals surface area contributed by atoms with Gasteiger partial charge >= 0.3 is 11.9 Å². The monoisotopic (exact) mass is 484 g/mol. The van der Waals surface area contributed by atoms with Gasteiger partial charge in [-0.15, -0.1) is 0 Å². The molecule has 0 aromatic carbocycles. The Labute approximate surface area is 206 Å². The lowest BCUT2D eigenvalue weighted by atomic mass is 9.35. The normalized spacial score (nSPS) is 51.2. The number of ether oxygens (including phenoxy) is 3. The Morgan fingerprint density at radius 3 is 2.54 bits per heavy atom. The van der Waals surface area contributed by atoms with Gasteiger partial charge in [0.1, 0.15) is 17.8 Å². The molecule has 7 nitrogen and oxygen atoms in total. The van der Waals surface area contributed by atoms with E-state index in [-0.39, 0.29) is 29.2 Å². The molecule has 190 valence electrons. The van der Waals surface area contributed by atoms with Crippen molar-refractivity contribution in [3.63, 3.8) is 0 Å². The molecular formula is C28H36O7. The maximum absolute atomic E-state index is 13.3. The quantitative estimate of drug-likeness (QED) is 0.378. The number of carbonyl (C=O) groups excluding carboxylic acids is 2. The fraction of sp³-hybridized carbons (Fsp3) is 0.714. The lowest BCUT2D eigenvalue weighted by Crippen LogP contribution is -2.72. The SMILES string of the molecule is CC(=O)O[C@H]1C[C@H]2C(C)(C)[C@H](O)C=C[C@]2(C)[C@H]2CC[C@@]3(C)[C@H](c4ccoc4)OC(=O)[C@@H]4O[C@@]43[C@]12C. The molecule has 10 atom stereocenters. The topological polar surface area (TPSA) is 98.5 Å². The highest BCUT2D eigenvalue weighted by molar-refractivity contribution is 5.82. The van der Waals surface area contributed by atoms with Crippen LogP contribution in [0.3, 0.4) is 0 Å². The molecule has 1 spiro atoms. The molecule has 4 fully saturated rings. The second-order valence-electron chi connectivity index (χ2n) is 12.8. The summed E-state index contributed by atoms with van der Waals surface area (Å²) in [7, 11) is 0. The third-order valence-electron chi connectivity index (χ3n) is 11.0. The van der Waals surface area contributed by atoms with E-state index in [1.165, 1.54) is 6.92 Å². The maximum atomic E-state index is 13.3. The minimum Gasteiger partial charge on any atom is -0.472 e. The molecule has 35 heavy (non-hydrogen) atoms. The first-order valence-corrected chi connectivity index (χ1v) is 12.8. The van der Waals surface area contributed by atoms with Crippen molar-refractivity contribution in [2.24, 2.45) is 33.5 Å². The highest BCUT2D eigenvalue weighted by atomic mass is 16.7. The summed E-state index contributed by atoms with van der Waals surface area (Å²) in [5, 5.41) is 10.9. The summed E-state index contributed by atoms with van der Waals surface area (Å²) in [6.45, 7) is 12.3. The molecule has 7 heteroatoms. The number of aliphatic hydroxyl groups excluding tert-OH is 1. The van der Waals surface area contributed by atoms with Crippen LogP contribution in [-0.4, -0.2) is 41.0 Å². The molecule has 3 heterocycles. The molecule has 5 aliphatic rings. The van der Waals surface area contributed by atoms with Gasteiger partial charge in [0.2, 0.25) is 0 Å². The van der Waals surface area contributed by atoms with Crippen molar-refractivity contribution in [1.29, 1.82) is 0 Å². The molecule has 1 N–H and O–H groups in total. The zero-order valence-electron chi connectivity index (χ0n) is 21.4. The number of cyclic esters (lactones) is 1. The van der Waals surface area contributed by atoms with Gasteiger partial charge in [-0.3, -0.25) is 4.79 Å². The van der Waals surface area contributed by atoms with Crippen LogP contribution < -0.4 is 0 Å². The molecule has 0 unspecified atom stereocenters.